The van der Waals surface area contributed by atoms with E-state index in [-0.39, 0.29) is 0 Å². The summed E-state index contributed by atoms with van der Waals surface area (Å²) in [7, 11) is -0.785. The van der Waals surface area contributed by atoms with Crippen LogP contribution in [0.3, 0.4) is 0 Å². The third-order valence-corrected chi connectivity index (χ3v) is 9.94. The maximum Gasteiger partial charge on any atom is 0.0820 e. The van der Waals surface area contributed by atoms with Crippen molar-refractivity contribution >= 4 is 72.7 Å². The van der Waals surface area contributed by atoms with E-state index in [0.717, 1.165) is 0 Å². The van der Waals surface area contributed by atoms with Crippen molar-refractivity contribution in [2.75, 3.05) is 0 Å². The van der Waals surface area contributed by atoms with E-state index in [9.17, 15) is 0 Å². The van der Waals surface area contributed by atoms with Gasteiger partial charge in [-0.15, -0.1) is 0 Å². The number of benzene rings is 5. The second-order valence-corrected chi connectivity index (χ2v) is 11.1. The fourth-order valence-corrected chi connectivity index (χ4v) is 8.93. The number of nitrogens with zero attached hydrogens (tertiary/aromatic N) is 2. The van der Waals surface area contributed by atoms with Crippen molar-refractivity contribution in [1.82, 2.24) is 8.56 Å². The normalized spacial score (nSPS) is 13.4. The Morgan fingerprint density at radius 1 is 0.424 bits per heavy atom. The fraction of sp³-hybridized carbons (Fsp3) is 0. The van der Waals surface area contributed by atoms with Crippen LogP contribution in [0.5, 0.6) is 0 Å². The Kier molecular flexibility index (Phi) is 2.76. The summed E-state index contributed by atoms with van der Waals surface area (Å²) in [5, 5.41) is 11.0. The highest BCUT2D eigenvalue weighted by molar-refractivity contribution is 7.59. The molecule has 0 aliphatic rings. The maximum atomic E-state index is 2.67. The molecule has 5 aromatic carbocycles. The molecule has 33 heavy (non-hydrogen) atoms. The Balaban J connectivity index is 1.80. The Hall–Kier alpha value is -4.00. The molecular formula is C30H17N2P. The highest BCUT2D eigenvalue weighted by atomic mass is 31.1. The predicted molar refractivity (Wildman–Crippen MR) is 142 cm³/mol. The van der Waals surface area contributed by atoms with Gasteiger partial charge in [-0.25, -0.2) is 0 Å². The lowest BCUT2D eigenvalue weighted by molar-refractivity contribution is 1.38. The first-order chi connectivity index (χ1) is 16.4. The molecule has 0 saturated heterocycles. The molecule has 0 saturated carbocycles. The van der Waals surface area contributed by atoms with Crippen LogP contribution in [0, 0.1) is 0 Å². The lowest BCUT2D eigenvalue weighted by Gasteiger charge is -2.09. The van der Waals surface area contributed by atoms with E-state index in [0.29, 0.717) is 0 Å². The molecule has 0 N–H and O–H groups in total. The van der Waals surface area contributed by atoms with Crippen LogP contribution in [0.2, 0.25) is 0 Å². The first-order valence-electron chi connectivity index (χ1n) is 11.4. The number of para-hydroxylation sites is 3. The minimum atomic E-state index is -0.785. The molecule has 0 spiro atoms. The summed E-state index contributed by atoms with van der Waals surface area (Å²) in [5.41, 5.74) is 6.80. The Labute approximate surface area is 189 Å². The van der Waals surface area contributed by atoms with Gasteiger partial charge in [-0.1, -0.05) is 78.9 Å². The molecule has 0 aliphatic heterocycles. The molecule has 1 unspecified atom stereocenters. The lowest BCUT2D eigenvalue weighted by Crippen LogP contribution is -1.82. The van der Waals surface area contributed by atoms with Crippen molar-refractivity contribution in [2.45, 2.75) is 0 Å². The molecule has 9 rings (SSSR count). The summed E-state index contributed by atoms with van der Waals surface area (Å²) in [5.74, 6) is 0. The minimum Gasteiger partial charge on any atom is -0.305 e. The molecular weight excluding hydrogens is 419 g/mol. The van der Waals surface area contributed by atoms with Crippen LogP contribution >= 0.6 is 7.69 Å². The molecule has 0 aliphatic carbocycles. The van der Waals surface area contributed by atoms with Crippen LogP contribution in [-0.2, 0) is 0 Å². The quantitative estimate of drug-likeness (QED) is 0.243. The highest BCUT2D eigenvalue weighted by Gasteiger charge is 2.25. The minimum absolute atomic E-state index is 0.785. The van der Waals surface area contributed by atoms with Gasteiger partial charge in [0.05, 0.1) is 27.6 Å². The van der Waals surface area contributed by atoms with Crippen molar-refractivity contribution in [3.63, 3.8) is 0 Å². The molecule has 0 radical (unpaired) electrons. The zero-order valence-corrected chi connectivity index (χ0v) is 18.6. The van der Waals surface area contributed by atoms with E-state index in [2.05, 4.69) is 112 Å². The number of aromatic nitrogens is 2. The molecule has 1 atom stereocenters. The van der Waals surface area contributed by atoms with Gasteiger partial charge in [-0.2, -0.15) is 0 Å². The van der Waals surface area contributed by atoms with Gasteiger partial charge in [0.15, 0.2) is 0 Å². The Morgan fingerprint density at radius 3 is 1.85 bits per heavy atom. The molecule has 3 heteroatoms. The van der Waals surface area contributed by atoms with Gasteiger partial charge in [0.25, 0.3) is 0 Å². The smallest absolute Gasteiger partial charge is 0.0820 e. The second kappa shape index (κ2) is 5.49. The summed E-state index contributed by atoms with van der Waals surface area (Å²) in [4.78, 5) is 0. The number of hydrogen-bond acceptors (Lipinski definition) is 0. The summed E-state index contributed by atoms with van der Waals surface area (Å²) < 4.78 is 5.27. The summed E-state index contributed by atoms with van der Waals surface area (Å²) in [6.45, 7) is 0. The van der Waals surface area contributed by atoms with Crippen LogP contribution < -0.4 is 0 Å². The van der Waals surface area contributed by atoms with E-state index in [4.69, 9.17) is 0 Å². The molecule has 9 aromatic rings. The number of fused-ring (bicyclic) bond motifs is 5. The summed E-state index contributed by atoms with van der Waals surface area (Å²) in [6.07, 6.45) is 0. The van der Waals surface area contributed by atoms with E-state index in [1.54, 1.807) is 0 Å². The van der Waals surface area contributed by atoms with Gasteiger partial charge in [-0.05, 0) is 32.0 Å². The first kappa shape index (κ1) is 16.6. The third kappa shape index (κ3) is 1.75. The Morgan fingerprint density at radius 2 is 1.03 bits per heavy atom. The summed E-state index contributed by atoms with van der Waals surface area (Å²) >= 11 is 0. The second-order valence-electron chi connectivity index (χ2n) is 9.04. The van der Waals surface area contributed by atoms with Gasteiger partial charge in [-0.3, -0.25) is 4.16 Å². The molecule has 2 nitrogen and oxygen atoms in total. The molecule has 152 valence electrons. The van der Waals surface area contributed by atoms with Crippen LogP contribution in [0.15, 0.2) is 103 Å². The van der Waals surface area contributed by atoms with Gasteiger partial charge < -0.3 is 4.40 Å². The van der Waals surface area contributed by atoms with Crippen molar-refractivity contribution < 1.29 is 0 Å². The molecule has 0 fully saturated rings. The van der Waals surface area contributed by atoms with Gasteiger partial charge in [0.2, 0.25) is 0 Å². The maximum absolute atomic E-state index is 2.67. The van der Waals surface area contributed by atoms with Crippen molar-refractivity contribution in [3.8, 4) is 5.30 Å². The van der Waals surface area contributed by atoms with Gasteiger partial charge in [0.1, 0.15) is 0 Å². The average molecular weight is 436 g/mol. The topological polar surface area (TPSA) is 8.82 Å². The monoisotopic (exact) mass is 436 g/mol. The Bertz CT molecular complexity index is 2170. The zero-order chi connectivity index (χ0) is 21.3. The fourth-order valence-electron chi connectivity index (χ4n) is 6.31. The predicted octanol–water partition coefficient (Wildman–Crippen LogP) is 8.81. The van der Waals surface area contributed by atoms with Crippen molar-refractivity contribution in [2.24, 2.45) is 0 Å². The van der Waals surface area contributed by atoms with E-state index < -0.39 is 7.69 Å². The highest BCUT2D eigenvalue weighted by Crippen LogP contribution is 2.54. The third-order valence-electron chi connectivity index (χ3n) is 7.52. The van der Waals surface area contributed by atoms with Crippen LogP contribution in [0.4, 0.5) is 0 Å². The average Bonchev–Trinajstić information content (AvgIpc) is 3.47. The summed E-state index contributed by atoms with van der Waals surface area (Å²) in [6, 6.07) is 38.5. The van der Waals surface area contributed by atoms with Crippen molar-refractivity contribution in [3.05, 3.63) is 103 Å². The SMILES string of the molecule is c1ccc(-p2c3cccc4c5cccc6c7ccc8c9ccccc9n2c8c7n(c65)c43)cc1. The van der Waals surface area contributed by atoms with E-state index >= 15 is 0 Å². The van der Waals surface area contributed by atoms with Crippen LogP contribution in [-0.4, -0.2) is 8.56 Å². The van der Waals surface area contributed by atoms with Crippen LogP contribution in [0.1, 0.15) is 0 Å². The molecule has 4 aromatic heterocycles. The standard InChI is InChI=1S/C30H17N2P/c1-2-8-18(9-3-1)33-26-15-7-13-22-20-11-6-12-21-24-17-16-23-19-10-4-5-14-25(19)32(33)30(23)29(24)31(27(20)21)28(22)26/h1-17H. The largest absolute Gasteiger partial charge is 0.305 e. The molecule has 4 heterocycles. The van der Waals surface area contributed by atoms with E-state index in [1.165, 1.54) is 70.3 Å². The first-order valence-corrected chi connectivity index (χ1v) is 12.7. The number of rotatable bonds is 1. The van der Waals surface area contributed by atoms with E-state index in [1.807, 2.05) is 0 Å². The van der Waals surface area contributed by atoms with Crippen LogP contribution in [0.25, 0.3) is 70.3 Å². The molecule has 0 amide bonds. The zero-order valence-electron chi connectivity index (χ0n) is 17.7. The lowest BCUT2D eigenvalue weighted by atomic mass is 10.1. The van der Waals surface area contributed by atoms with Crippen molar-refractivity contribution in [1.29, 1.82) is 0 Å². The number of hydrogen-bond donors (Lipinski definition) is 0. The molecule has 0 bridgehead atoms. The van der Waals surface area contributed by atoms with Gasteiger partial charge >= 0.3 is 0 Å². The van der Waals surface area contributed by atoms with Gasteiger partial charge in [0, 0.05) is 42.7 Å².